The first-order valence-electron chi connectivity index (χ1n) is 6.89. The Bertz CT molecular complexity index is 499. The van der Waals surface area contributed by atoms with Crippen LogP contribution in [0.15, 0.2) is 18.2 Å². The number of nitrogens with two attached hydrogens (primary N) is 1. The Morgan fingerprint density at radius 3 is 2.65 bits per heavy atom. The van der Waals surface area contributed by atoms with Gasteiger partial charge in [-0.2, -0.15) is 0 Å². The molecule has 1 aromatic carbocycles. The summed E-state index contributed by atoms with van der Waals surface area (Å²) in [6, 6.07) is 4.39. The summed E-state index contributed by atoms with van der Waals surface area (Å²) in [6.07, 6.45) is 3.38. The van der Waals surface area contributed by atoms with Crippen molar-refractivity contribution in [2.75, 3.05) is 7.11 Å². The van der Waals surface area contributed by atoms with Gasteiger partial charge in [0.25, 0.3) is 0 Å². The van der Waals surface area contributed by atoms with Crippen molar-refractivity contribution in [3.8, 4) is 5.75 Å². The summed E-state index contributed by atoms with van der Waals surface area (Å²) in [5.74, 6) is -0.397. The summed E-state index contributed by atoms with van der Waals surface area (Å²) >= 11 is 0. The summed E-state index contributed by atoms with van der Waals surface area (Å²) in [4.78, 5) is 12.2. The zero-order chi connectivity index (χ0) is 14.8. The number of carbonyl (C=O) groups is 1. The van der Waals surface area contributed by atoms with E-state index in [4.69, 9.17) is 10.5 Å². The SMILES string of the molecule is COc1ccc(C(C)NC(=O)C2(N)CCCC2)cc1F. The third kappa shape index (κ3) is 2.93. The normalized spacial score (nSPS) is 18.6. The molecule has 2 rings (SSSR count). The van der Waals surface area contributed by atoms with Crippen LogP contribution in [-0.2, 0) is 4.79 Å². The van der Waals surface area contributed by atoms with E-state index in [0.717, 1.165) is 12.8 Å². The molecule has 0 bridgehead atoms. The van der Waals surface area contributed by atoms with E-state index in [1.807, 2.05) is 6.92 Å². The second-order valence-electron chi connectivity index (χ2n) is 5.45. The molecule has 1 aromatic rings. The number of hydrogen-bond donors (Lipinski definition) is 2. The van der Waals surface area contributed by atoms with Crippen LogP contribution in [0.25, 0.3) is 0 Å². The first kappa shape index (κ1) is 14.8. The Labute approximate surface area is 118 Å². The lowest BCUT2D eigenvalue weighted by atomic mass is 9.97. The first-order valence-corrected chi connectivity index (χ1v) is 6.89. The molecule has 1 aliphatic carbocycles. The average molecular weight is 280 g/mol. The highest BCUT2D eigenvalue weighted by Crippen LogP contribution is 2.28. The van der Waals surface area contributed by atoms with Crippen LogP contribution >= 0.6 is 0 Å². The number of nitrogens with one attached hydrogen (secondary N) is 1. The van der Waals surface area contributed by atoms with Gasteiger partial charge in [0, 0.05) is 0 Å². The van der Waals surface area contributed by atoms with Gasteiger partial charge in [-0.15, -0.1) is 0 Å². The van der Waals surface area contributed by atoms with Gasteiger partial charge < -0.3 is 15.8 Å². The highest BCUT2D eigenvalue weighted by atomic mass is 19.1. The predicted octanol–water partition coefficient (Wildman–Crippen LogP) is 2.28. The van der Waals surface area contributed by atoms with Gasteiger partial charge in [0.05, 0.1) is 18.7 Å². The van der Waals surface area contributed by atoms with Crippen molar-refractivity contribution in [1.29, 1.82) is 0 Å². The van der Waals surface area contributed by atoms with E-state index >= 15 is 0 Å². The molecule has 0 saturated heterocycles. The molecular weight excluding hydrogens is 259 g/mol. The number of methoxy groups -OCH3 is 1. The van der Waals surface area contributed by atoms with Crippen LogP contribution in [0, 0.1) is 5.82 Å². The molecule has 0 spiro atoms. The Morgan fingerprint density at radius 1 is 1.45 bits per heavy atom. The van der Waals surface area contributed by atoms with Crippen LogP contribution in [0.4, 0.5) is 4.39 Å². The molecule has 0 aromatic heterocycles. The van der Waals surface area contributed by atoms with E-state index in [0.29, 0.717) is 18.4 Å². The largest absolute Gasteiger partial charge is 0.494 e. The second kappa shape index (κ2) is 5.79. The number of ether oxygens (including phenoxy) is 1. The molecule has 1 unspecified atom stereocenters. The monoisotopic (exact) mass is 280 g/mol. The van der Waals surface area contributed by atoms with Crippen molar-refractivity contribution in [3.05, 3.63) is 29.6 Å². The lowest BCUT2D eigenvalue weighted by molar-refractivity contribution is -0.126. The van der Waals surface area contributed by atoms with Crippen LogP contribution in [0.1, 0.15) is 44.2 Å². The van der Waals surface area contributed by atoms with Crippen LogP contribution in [0.2, 0.25) is 0 Å². The fourth-order valence-electron chi connectivity index (χ4n) is 2.61. The number of halogens is 1. The minimum Gasteiger partial charge on any atom is -0.494 e. The Hall–Kier alpha value is -1.62. The topological polar surface area (TPSA) is 64.3 Å². The van der Waals surface area contributed by atoms with Crippen LogP contribution in [0.3, 0.4) is 0 Å². The smallest absolute Gasteiger partial charge is 0.240 e. The summed E-state index contributed by atoms with van der Waals surface area (Å²) in [7, 11) is 1.42. The number of benzene rings is 1. The molecule has 1 fully saturated rings. The van der Waals surface area contributed by atoms with Crippen molar-refractivity contribution < 1.29 is 13.9 Å². The average Bonchev–Trinajstić information content (AvgIpc) is 2.87. The fourth-order valence-corrected chi connectivity index (χ4v) is 2.61. The zero-order valence-electron chi connectivity index (χ0n) is 11.9. The molecule has 1 aliphatic rings. The van der Waals surface area contributed by atoms with Gasteiger partial charge in [-0.1, -0.05) is 18.9 Å². The summed E-state index contributed by atoms with van der Waals surface area (Å²) in [5.41, 5.74) is 6.03. The van der Waals surface area contributed by atoms with E-state index in [1.165, 1.54) is 13.2 Å². The van der Waals surface area contributed by atoms with E-state index in [2.05, 4.69) is 5.32 Å². The summed E-state index contributed by atoms with van der Waals surface area (Å²) in [5, 5.41) is 2.87. The van der Waals surface area contributed by atoms with Gasteiger partial charge in [0.15, 0.2) is 11.6 Å². The molecule has 1 saturated carbocycles. The molecule has 20 heavy (non-hydrogen) atoms. The molecule has 1 amide bonds. The van der Waals surface area contributed by atoms with Gasteiger partial charge in [-0.05, 0) is 37.5 Å². The van der Waals surface area contributed by atoms with Crippen LogP contribution in [0.5, 0.6) is 5.75 Å². The van der Waals surface area contributed by atoms with Crippen molar-refractivity contribution in [3.63, 3.8) is 0 Å². The Kier molecular flexibility index (Phi) is 4.28. The first-order chi connectivity index (χ1) is 9.46. The quantitative estimate of drug-likeness (QED) is 0.889. The molecule has 0 heterocycles. The molecule has 1 atom stereocenters. The van der Waals surface area contributed by atoms with E-state index < -0.39 is 11.4 Å². The fraction of sp³-hybridized carbons (Fsp3) is 0.533. The highest BCUT2D eigenvalue weighted by Gasteiger charge is 2.37. The Balaban J connectivity index is 2.06. The van der Waals surface area contributed by atoms with Gasteiger partial charge >= 0.3 is 0 Å². The third-order valence-corrected chi connectivity index (χ3v) is 3.97. The van der Waals surface area contributed by atoms with Crippen molar-refractivity contribution in [2.45, 2.75) is 44.2 Å². The maximum atomic E-state index is 13.7. The maximum absolute atomic E-state index is 13.7. The highest BCUT2D eigenvalue weighted by molar-refractivity contribution is 5.86. The molecule has 110 valence electrons. The summed E-state index contributed by atoms with van der Waals surface area (Å²) < 4.78 is 18.5. The summed E-state index contributed by atoms with van der Waals surface area (Å²) in [6.45, 7) is 1.82. The lowest BCUT2D eigenvalue weighted by Crippen LogP contribution is -2.52. The van der Waals surface area contributed by atoms with Gasteiger partial charge in [-0.25, -0.2) is 4.39 Å². The van der Waals surface area contributed by atoms with E-state index in [1.54, 1.807) is 12.1 Å². The third-order valence-electron chi connectivity index (χ3n) is 3.97. The Morgan fingerprint density at radius 2 is 2.10 bits per heavy atom. The molecule has 0 radical (unpaired) electrons. The minimum atomic E-state index is -0.765. The van der Waals surface area contributed by atoms with Gasteiger partial charge in [0.1, 0.15) is 0 Å². The van der Waals surface area contributed by atoms with Crippen molar-refractivity contribution in [2.24, 2.45) is 5.73 Å². The predicted molar refractivity (Wildman–Crippen MR) is 74.9 cm³/mol. The van der Waals surface area contributed by atoms with Crippen molar-refractivity contribution >= 4 is 5.91 Å². The zero-order valence-corrected chi connectivity index (χ0v) is 11.9. The standard InChI is InChI=1S/C15H21FN2O2/c1-10(11-5-6-13(20-2)12(16)9-11)18-14(19)15(17)7-3-4-8-15/h5-6,9-10H,3-4,7-8,17H2,1-2H3,(H,18,19). The molecule has 3 N–H and O–H groups in total. The van der Waals surface area contributed by atoms with E-state index in [-0.39, 0.29) is 17.7 Å². The van der Waals surface area contributed by atoms with Crippen LogP contribution in [-0.4, -0.2) is 18.6 Å². The molecule has 0 aliphatic heterocycles. The lowest BCUT2D eigenvalue weighted by Gasteiger charge is -2.25. The van der Waals surface area contributed by atoms with Gasteiger partial charge in [0.2, 0.25) is 5.91 Å². The number of rotatable bonds is 4. The number of carbonyl (C=O) groups excluding carboxylic acids is 1. The number of amides is 1. The maximum Gasteiger partial charge on any atom is 0.240 e. The second-order valence-corrected chi connectivity index (χ2v) is 5.45. The number of hydrogen-bond acceptors (Lipinski definition) is 3. The van der Waals surface area contributed by atoms with Crippen molar-refractivity contribution in [1.82, 2.24) is 5.32 Å². The molecular formula is C15H21FN2O2. The van der Waals surface area contributed by atoms with E-state index in [9.17, 15) is 9.18 Å². The van der Waals surface area contributed by atoms with Crippen LogP contribution < -0.4 is 15.8 Å². The molecule has 5 heteroatoms. The minimum absolute atomic E-state index is 0.154. The van der Waals surface area contributed by atoms with Gasteiger partial charge in [-0.3, -0.25) is 4.79 Å². The molecule has 4 nitrogen and oxygen atoms in total.